The van der Waals surface area contributed by atoms with Crippen molar-refractivity contribution in [2.75, 3.05) is 6.61 Å². The van der Waals surface area contributed by atoms with Crippen molar-refractivity contribution in [2.45, 2.75) is 39.2 Å². The van der Waals surface area contributed by atoms with Crippen molar-refractivity contribution in [2.24, 2.45) is 0 Å². The second kappa shape index (κ2) is 5.99. The van der Waals surface area contributed by atoms with Gasteiger partial charge in [-0.3, -0.25) is 9.32 Å². The number of nitrogens with one attached hydrogen (secondary N) is 1. The molecule has 2 aromatic heterocycles. The number of carbonyl (C=O) groups excluding carboxylic acids is 1. The lowest BCUT2D eigenvalue weighted by Crippen LogP contribution is -2.31. The number of aromatic nitrogens is 2. The molecule has 114 valence electrons. The van der Waals surface area contributed by atoms with Gasteiger partial charge >= 0.3 is 6.08 Å². The van der Waals surface area contributed by atoms with Gasteiger partial charge < -0.3 is 14.5 Å². The first-order valence-corrected chi connectivity index (χ1v) is 6.66. The van der Waals surface area contributed by atoms with Crippen molar-refractivity contribution in [1.29, 1.82) is 0 Å². The fourth-order valence-corrected chi connectivity index (χ4v) is 1.59. The molecule has 2 rings (SSSR count). The van der Waals surface area contributed by atoms with Crippen LogP contribution >= 0.6 is 0 Å². The van der Waals surface area contributed by atoms with Crippen molar-refractivity contribution in [3.8, 4) is 6.08 Å². The van der Waals surface area contributed by atoms with Crippen molar-refractivity contribution in [3.05, 3.63) is 30.0 Å². The lowest BCUT2D eigenvalue weighted by molar-refractivity contribution is -0.124. The zero-order valence-corrected chi connectivity index (χ0v) is 12.5. The molecule has 0 unspecified atom stereocenters. The van der Waals surface area contributed by atoms with E-state index in [4.69, 9.17) is 13.7 Å². The van der Waals surface area contributed by atoms with Gasteiger partial charge in [-0.25, -0.2) is 0 Å². The Bertz CT molecular complexity index is 584. The molecule has 0 aliphatic carbocycles. The standard InChI is InChI=1S/C14H19N3O4/c1-9(10-6-5-7-19-10)15-11(18)8-20-13-16-12(17-21-13)14(2,3)4/h5-7,9H,8H2,1-4H3,(H,15,18)/t9-/m0/s1. The minimum absolute atomic E-state index is 0.0132. The minimum atomic E-state index is -0.297. The topological polar surface area (TPSA) is 90.4 Å². The number of hydrogen-bond donors (Lipinski definition) is 1. The van der Waals surface area contributed by atoms with Gasteiger partial charge in [0.05, 0.1) is 12.3 Å². The maximum atomic E-state index is 11.8. The van der Waals surface area contributed by atoms with Gasteiger partial charge in [-0.15, -0.1) is 0 Å². The summed E-state index contributed by atoms with van der Waals surface area (Å²) in [6, 6.07) is 3.32. The number of nitrogens with zero attached hydrogens (tertiary/aromatic N) is 2. The van der Waals surface area contributed by atoms with Crippen LogP contribution in [-0.2, 0) is 10.2 Å². The molecule has 0 aromatic carbocycles. The van der Waals surface area contributed by atoms with E-state index in [1.807, 2.05) is 27.7 Å². The first-order chi connectivity index (χ1) is 9.86. The van der Waals surface area contributed by atoms with Gasteiger partial charge in [0, 0.05) is 5.41 Å². The maximum absolute atomic E-state index is 11.8. The van der Waals surface area contributed by atoms with E-state index < -0.39 is 0 Å². The Morgan fingerprint density at radius 3 is 2.81 bits per heavy atom. The SMILES string of the molecule is C[C@H](NC(=O)COc1nc(C(C)(C)C)no1)c1ccco1. The fourth-order valence-electron chi connectivity index (χ4n) is 1.59. The summed E-state index contributed by atoms with van der Waals surface area (Å²) in [4.78, 5) is 15.8. The summed E-state index contributed by atoms with van der Waals surface area (Å²) >= 11 is 0. The second-order valence-electron chi connectivity index (χ2n) is 5.73. The first kappa shape index (κ1) is 15.1. The number of hydrogen-bond acceptors (Lipinski definition) is 6. The van der Waals surface area contributed by atoms with Crippen LogP contribution < -0.4 is 10.1 Å². The second-order valence-corrected chi connectivity index (χ2v) is 5.73. The van der Waals surface area contributed by atoms with E-state index in [0.29, 0.717) is 11.6 Å². The molecule has 0 bridgehead atoms. The molecule has 2 heterocycles. The normalized spacial score (nSPS) is 13.0. The quantitative estimate of drug-likeness (QED) is 0.909. The third-order valence-electron chi connectivity index (χ3n) is 2.75. The average molecular weight is 293 g/mol. The van der Waals surface area contributed by atoms with E-state index in [1.54, 1.807) is 18.4 Å². The monoisotopic (exact) mass is 293 g/mol. The number of ether oxygens (including phenoxy) is 1. The molecular weight excluding hydrogens is 274 g/mol. The van der Waals surface area contributed by atoms with E-state index in [2.05, 4.69) is 15.5 Å². The van der Waals surface area contributed by atoms with Crippen molar-refractivity contribution < 1.29 is 18.5 Å². The summed E-state index contributed by atoms with van der Waals surface area (Å²) in [6.45, 7) is 7.50. The van der Waals surface area contributed by atoms with Crippen LogP contribution in [0.25, 0.3) is 0 Å². The molecule has 2 aromatic rings. The highest BCUT2D eigenvalue weighted by Crippen LogP contribution is 2.20. The van der Waals surface area contributed by atoms with Gasteiger partial charge in [-0.2, -0.15) is 4.98 Å². The van der Waals surface area contributed by atoms with Crippen LogP contribution in [0, 0.1) is 0 Å². The van der Waals surface area contributed by atoms with Crippen molar-refractivity contribution in [1.82, 2.24) is 15.5 Å². The highest BCUT2D eigenvalue weighted by Gasteiger charge is 2.22. The molecule has 7 nitrogen and oxygen atoms in total. The molecule has 1 atom stereocenters. The zero-order valence-electron chi connectivity index (χ0n) is 12.5. The summed E-state index contributed by atoms with van der Waals surface area (Å²) < 4.78 is 15.3. The van der Waals surface area contributed by atoms with E-state index in [9.17, 15) is 4.79 Å². The molecule has 7 heteroatoms. The van der Waals surface area contributed by atoms with E-state index >= 15 is 0 Å². The Balaban J connectivity index is 1.83. The highest BCUT2D eigenvalue weighted by molar-refractivity contribution is 5.77. The van der Waals surface area contributed by atoms with Crippen molar-refractivity contribution >= 4 is 5.91 Å². The average Bonchev–Trinajstić information content (AvgIpc) is 3.07. The highest BCUT2D eigenvalue weighted by atomic mass is 16.6. The van der Waals surface area contributed by atoms with Gasteiger partial charge in [0.1, 0.15) is 5.76 Å². The molecule has 0 saturated heterocycles. The number of amides is 1. The van der Waals surface area contributed by atoms with Crippen LogP contribution in [0.4, 0.5) is 0 Å². The lowest BCUT2D eigenvalue weighted by Gasteiger charge is -2.11. The van der Waals surface area contributed by atoms with Crippen LogP contribution in [0.15, 0.2) is 27.3 Å². The molecule has 21 heavy (non-hydrogen) atoms. The largest absolute Gasteiger partial charge is 0.467 e. The Morgan fingerprint density at radius 2 is 2.24 bits per heavy atom. The summed E-state index contributed by atoms with van der Waals surface area (Å²) in [5.41, 5.74) is -0.235. The smallest absolute Gasteiger partial charge is 0.417 e. The summed E-state index contributed by atoms with van der Waals surface area (Å²) in [5, 5.41) is 6.55. The number of carbonyl (C=O) groups is 1. The van der Waals surface area contributed by atoms with Gasteiger partial charge in [0.25, 0.3) is 5.91 Å². The molecule has 0 aliphatic heterocycles. The molecule has 0 saturated carbocycles. The molecule has 1 N–H and O–H groups in total. The van der Waals surface area contributed by atoms with Crippen LogP contribution in [-0.4, -0.2) is 22.7 Å². The summed E-state index contributed by atoms with van der Waals surface area (Å²) in [5.74, 6) is 0.910. The van der Waals surface area contributed by atoms with Gasteiger partial charge in [0.15, 0.2) is 12.4 Å². The van der Waals surface area contributed by atoms with Gasteiger partial charge in [-0.05, 0) is 19.1 Å². The van der Waals surface area contributed by atoms with E-state index in [0.717, 1.165) is 0 Å². The minimum Gasteiger partial charge on any atom is -0.467 e. The first-order valence-electron chi connectivity index (χ1n) is 6.66. The third-order valence-corrected chi connectivity index (χ3v) is 2.75. The van der Waals surface area contributed by atoms with Crippen LogP contribution in [0.5, 0.6) is 6.08 Å². The van der Waals surface area contributed by atoms with Crippen LogP contribution in [0.3, 0.4) is 0 Å². The third kappa shape index (κ3) is 4.08. The predicted molar refractivity (Wildman–Crippen MR) is 73.8 cm³/mol. The van der Waals surface area contributed by atoms with Crippen LogP contribution in [0.2, 0.25) is 0 Å². The summed E-state index contributed by atoms with van der Waals surface area (Å²) in [6.07, 6.45) is 1.54. The molecule has 0 fully saturated rings. The van der Waals surface area contributed by atoms with Crippen molar-refractivity contribution in [3.63, 3.8) is 0 Å². The summed E-state index contributed by atoms with van der Waals surface area (Å²) in [7, 11) is 0. The predicted octanol–water partition coefficient (Wildman–Crippen LogP) is 2.22. The van der Waals surface area contributed by atoms with E-state index in [1.165, 1.54) is 0 Å². The number of rotatable bonds is 5. The maximum Gasteiger partial charge on any atom is 0.417 e. The Labute approximate surface area is 122 Å². The Hall–Kier alpha value is -2.31. The fraction of sp³-hybridized carbons (Fsp3) is 0.500. The zero-order chi connectivity index (χ0) is 15.5. The Kier molecular flexibility index (Phi) is 4.30. The lowest BCUT2D eigenvalue weighted by atomic mass is 9.96. The van der Waals surface area contributed by atoms with Crippen LogP contribution in [0.1, 0.15) is 45.3 Å². The molecular formula is C14H19N3O4. The molecule has 0 spiro atoms. The molecule has 1 amide bonds. The molecule has 0 radical (unpaired) electrons. The van der Waals surface area contributed by atoms with E-state index in [-0.39, 0.29) is 30.0 Å². The van der Waals surface area contributed by atoms with Gasteiger partial charge in [-0.1, -0.05) is 25.9 Å². The Morgan fingerprint density at radius 1 is 1.48 bits per heavy atom. The number of furan rings is 1. The van der Waals surface area contributed by atoms with Gasteiger partial charge in [0.2, 0.25) is 0 Å². The molecule has 0 aliphatic rings.